The Kier molecular flexibility index (Phi) is 5.07. The van der Waals surface area contributed by atoms with Crippen molar-refractivity contribution in [2.24, 2.45) is 0 Å². The Hall–Kier alpha value is -3.55. The van der Waals surface area contributed by atoms with Gasteiger partial charge < -0.3 is 9.67 Å². The normalized spacial score (nSPS) is 15.6. The molecule has 3 aromatic rings. The number of barbiturate groups is 1. The summed E-state index contributed by atoms with van der Waals surface area (Å²) >= 11 is 12.2. The smallest absolute Gasteiger partial charge is 0.336 e. The van der Waals surface area contributed by atoms with Gasteiger partial charge in [0.25, 0.3) is 11.8 Å². The second-order valence-corrected chi connectivity index (χ2v) is 7.14. The average molecular weight is 442 g/mol. The number of aromatic nitrogens is 1. The zero-order valence-electron chi connectivity index (χ0n) is 15.2. The van der Waals surface area contributed by atoms with Crippen LogP contribution in [0.15, 0.2) is 66.4 Å². The number of halogens is 2. The van der Waals surface area contributed by atoms with Crippen LogP contribution in [-0.2, 0) is 9.59 Å². The van der Waals surface area contributed by atoms with Crippen LogP contribution in [0, 0.1) is 0 Å². The molecule has 4 amide bonds. The fraction of sp³-hybridized carbons (Fsp3) is 0. The van der Waals surface area contributed by atoms with Crippen LogP contribution in [0.2, 0.25) is 10.0 Å². The van der Waals surface area contributed by atoms with Crippen LogP contribution < -0.4 is 10.2 Å². The highest BCUT2D eigenvalue weighted by molar-refractivity contribution is 6.46. The molecule has 0 aliphatic carbocycles. The van der Waals surface area contributed by atoms with E-state index in [1.54, 1.807) is 41.1 Å². The number of hydrogen-bond donors (Lipinski definition) is 2. The van der Waals surface area contributed by atoms with E-state index in [1.807, 2.05) is 0 Å². The third-order valence-corrected chi connectivity index (χ3v) is 5.28. The van der Waals surface area contributed by atoms with E-state index in [9.17, 15) is 19.5 Å². The molecule has 1 saturated heterocycles. The van der Waals surface area contributed by atoms with Crippen LogP contribution in [0.4, 0.5) is 10.5 Å². The highest BCUT2D eigenvalue weighted by atomic mass is 35.5. The number of carbonyl (C=O) groups is 3. The quantitative estimate of drug-likeness (QED) is 0.471. The molecular weight excluding hydrogens is 429 g/mol. The van der Waals surface area contributed by atoms with Gasteiger partial charge in [0.15, 0.2) is 0 Å². The third kappa shape index (κ3) is 3.45. The van der Waals surface area contributed by atoms with Gasteiger partial charge in [-0.25, -0.2) is 9.69 Å². The topological polar surface area (TPSA) is 91.6 Å². The zero-order valence-corrected chi connectivity index (χ0v) is 16.7. The maximum absolute atomic E-state index is 13.1. The number of phenolic OH excluding ortho intramolecular Hbond substituents is 1. The first-order valence-corrected chi connectivity index (χ1v) is 9.44. The molecule has 9 heteroatoms. The molecule has 1 aromatic heterocycles. The van der Waals surface area contributed by atoms with Crippen LogP contribution in [-0.4, -0.2) is 27.5 Å². The standard InChI is InChI=1S/C21H13Cl2N3O4/c22-16-4-1-5-17(18(16)23)26-20(29)15(19(28)24-21(26)30)11-13-3-2-10-25(13)12-6-8-14(27)9-7-12/h1-11,27H,(H,24,28,30). The van der Waals surface area contributed by atoms with Crippen LogP contribution in [0.1, 0.15) is 5.69 Å². The van der Waals surface area contributed by atoms with E-state index < -0.39 is 17.8 Å². The maximum atomic E-state index is 13.1. The van der Waals surface area contributed by atoms with Crippen molar-refractivity contribution in [3.63, 3.8) is 0 Å². The van der Waals surface area contributed by atoms with E-state index in [0.717, 1.165) is 4.90 Å². The lowest BCUT2D eigenvalue weighted by atomic mass is 10.1. The fourth-order valence-electron chi connectivity index (χ4n) is 3.05. The number of nitrogens with zero attached hydrogens (tertiary/aromatic N) is 2. The van der Waals surface area contributed by atoms with Gasteiger partial charge in [-0.2, -0.15) is 0 Å². The minimum absolute atomic E-state index is 0.0174. The number of phenols is 1. The molecule has 0 spiro atoms. The summed E-state index contributed by atoms with van der Waals surface area (Å²) < 4.78 is 1.72. The highest BCUT2D eigenvalue weighted by Crippen LogP contribution is 2.34. The van der Waals surface area contributed by atoms with Gasteiger partial charge in [0.05, 0.1) is 15.7 Å². The summed E-state index contributed by atoms with van der Waals surface area (Å²) in [5, 5.41) is 11.8. The van der Waals surface area contributed by atoms with Crippen molar-refractivity contribution in [3.8, 4) is 11.4 Å². The number of nitrogens with one attached hydrogen (secondary N) is 1. The number of rotatable bonds is 3. The Morgan fingerprint density at radius 3 is 2.40 bits per heavy atom. The molecule has 150 valence electrons. The minimum Gasteiger partial charge on any atom is -0.508 e. The predicted octanol–water partition coefficient (Wildman–Crippen LogP) is 4.16. The van der Waals surface area contributed by atoms with Gasteiger partial charge in [-0.05, 0) is 54.6 Å². The van der Waals surface area contributed by atoms with E-state index in [2.05, 4.69) is 5.32 Å². The second-order valence-electron chi connectivity index (χ2n) is 6.35. The molecule has 1 aliphatic rings. The van der Waals surface area contributed by atoms with Gasteiger partial charge in [-0.3, -0.25) is 14.9 Å². The van der Waals surface area contributed by atoms with Crippen LogP contribution in [0.5, 0.6) is 5.75 Å². The Bertz CT molecular complexity index is 1220. The molecule has 1 fully saturated rings. The number of urea groups is 1. The number of imide groups is 2. The molecule has 0 unspecified atom stereocenters. The lowest BCUT2D eigenvalue weighted by Gasteiger charge is -2.27. The van der Waals surface area contributed by atoms with E-state index >= 15 is 0 Å². The molecule has 0 saturated carbocycles. The number of hydrogen-bond acceptors (Lipinski definition) is 4. The average Bonchev–Trinajstić information content (AvgIpc) is 3.17. The van der Waals surface area contributed by atoms with Crippen molar-refractivity contribution in [2.45, 2.75) is 0 Å². The molecule has 7 nitrogen and oxygen atoms in total. The second kappa shape index (κ2) is 7.70. The molecular formula is C21H13Cl2N3O4. The van der Waals surface area contributed by atoms with Gasteiger partial charge in [-0.15, -0.1) is 0 Å². The Balaban J connectivity index is 1.77. The van der Waals surface area contributed by atoms with Crippen molar-refractivity contribution in [2.75, 3.05) is 4.90 Å². The van der Waals surface area contributed by atoms with Crippen LogP contribution in [0.25, 0.3) is 11.8 Å². The molecule has 1 aliphatic heterocycles. The first-order valence-electron chi connectivity index (χ1n) is 8.69. The molecule has 4 rings (SSSR count). The monoisotopic (exact) mass is 441 g/mol. The van der Waals surface area contributed by atoms with Crippen molar-refractivity contribution < 1.29 is 19.5 Å². The molecule has 2 heterocycles. The van der Waals surface area contributed by atoms with Gasteiger partial charge in [0.2, 0.25) is 0 Å². The zero-order chi connectivity index (χ0) is 21.4. The Morgan fingerprint density at radius 2 is 1.67 bits per heavy atom. The van der Waals surface area contributed by atoms with Crippen molar-refractivity contribution in [1.29, 1.82) is 0 Å². The summed E-state index contributed by atoms with van der Waals surface area (Å²) in [5.41, 5.74) is 1.05. The summed E-state index contributed by atoms with van der Waals surface area (Å²) in [6.07, 6.45) is 3.11. The van der Waals surface area contributed by atoms with Gasteiger partial charge in [0, 0.05) is 17.6 Å². The van der Waals surface area contributed by atoms with E-state index in [-0.39, 0.29) is 27.1 Å². The number of anilines is 1. The summed E-state index contributed by atoms with van der Waals surface area (Å²) in [6, 6.07) is 13.4. The highest BCUT2D eigenvalue weighted by Gasteiger charge is 2.38. The molecule has 2 aromatic carbocycles. The SMILES string of the molecule is O=C1NC(=O)N(c2cccc(Cl)c2Cl)C(=O)C1=Cc1cccn1-c1ccc(O)cc1. The van der Waals surface area contributed by atoms with Gasteiger partial charge in [-0.1, -0.05) is 29.3 Å². The number of amides is 4. The minimum atomic E-state index is -0.916. The van der Waals surface area contributed by atoms with Crippen LogP contribution >= 0.6 is 23.2 Å². The largest absolute Gasteiger partial charge is 0.508 e. The number of benzene rings is 2. The molecule has 0 bridgehead atoms. The summed E-state index contributed by atoms with van der Waals surface area (Å²) in [5.74, 6) is -1.54. The van der Waals surface area contributed by atoms with Gasteiger partial charge in [0.1, 0.15) is 11.3 Å². The summed E-state index contributed by atoms with van der Waals surface area (Å²) in [4.78, 5) is 38.6. The van der Waals surface area contributed by atoms with E-state index in [1.165, 1.54) is 30.3 Å². The molecule has 0 radical (unpaired) electrons. The van der Waals surface area contributed by atoms with Gasteiger partial charge >= 0.3 is 6.03 Å². The first kappa shape index (κ1) is 19.8. The number of carbonyl (C=O) groups excluding carboxylic acids is 3. The first-order chi connectivity index (χ1) is 14.4. The number of aromatic hydroxyl groups is 1. The lowest BCUT2D eigenvalue weighted by molar-refractivity contribution is -0.122. The molecule has 30 heavy (non-hydrogen) atoms. The molecule has 0 atom stereocenters. The maximum Gasteiger partial charge on any atom is 0.336 e. The van der Waals surface area contributed by atoms with Crippen LogP contribution in [0.3, 0.4) is 0 Å². The summed E-state index contributed by atoms with van der Waals surface area (Å²) in [6.45, 7) is 0. The Labute approximate surface area is 180 Å². The van der Waals surface area contributed by atoms with E-state index in [0.29, 0.717) is 11.4 Å². The predicted molar refractivity (Wildman–Crippen MR) is 113 cm³/mol. The summed E-state index contributed by atoms with van der Waals surface area (Å²) in [7, 11) is 0. The third-order valence-electron chi connectivity index (χ3n) is 4.47. The van der Waals surface area contributed by atoms with Crippen molar-refractivity contribution >= 4 is 52.8 Å². The fourth-order valence-corrected chi connectivity index (χ4v) is 3.43. The Morgan fingerprint density at radius 1 is 0.933 bits per heavy atom. The molecule has 2 N–H and O–H groups in total. The van der Waals surface area contributed by atoms with E-state index in [4.69, 9.17) is 23.2 Å². The lowest BCUT2D eigenvalue weighted by Crippen LogP contribution is -2.54. The van der Waals surface area contributed by atoms with Crippen molar-refractivity contribution in [1.82, 2.24) is 9.88 Å². The van der Waals surface area contributed by atoms with Crippen molar-refractivity contribution in [3.05, 3.63) is 82.1 Å².